The number of carbonyl (C=O) groups excluding carboxylic acids is 2. The molecule has 1 aromatic heterocycles. The molecule has 0 bridgehead atoms. The highest BCUT2D eigenvalue weighted by Crippen LogP contribution is 2.17. The van der Waals surface area contributed by atoms with Crippen molar-refractivity contribution in [2.75, 3.05) is 33.3 Å². The van der Waals surface area contributed by atoms with Crippen molar-refractivity contribution >= 4 is 11.8 Å². The number of aromatic nitrogens is 2. The molecule has 0 radical (unpaired) electrons. The zero-order chi connectivity index (χ0) is 24.6. The Morgan fingerprint density at radius 1 is 1.09 bits per heavy atom. The summed E-state index contributed by atoms with van der Waals surface area (Å²) in [4.78, 5) is 29.8. The molecule has 4 rings (SSSR count). The molecule has 1 atom stereocenters. The summed E-state index contributed by atoms with van der Waals surface area (Å²) in [5, 5.41) is 4.21. The van der Waals surface area contributed by atoms with Crippen LogP contribution in [0.4, 0.5) is 0 Å². The molecule has 3 aromatic rings. The predicted octanol–water partition coefficient (Wildman–Crippen LogP) is 3.02. The van der Waals surface area contributed by atoms with Crippen molar-refractivity contribution in [3.8, 4) is 5.75 Å². The van der Waals surface area contributed by atoms with Crippen molar-refractivity contribution in [1.82, 2.24) is 19.6 Å². The first-order valence-electron chi connectivity index (χ1n) is 11.9. The molecule has 0 aliphatic carbocycles. The second-order valence-electron chi connectivity index (χ2n) is 8.63. The van der Waals surface area contributed by atoms with Crippen LogP contribution in [0.1, 0.15) is 28.4 Å². The number of hydrogen-bond donors (Lipinski definition) is 0. The normalized spacial score (nSPS) is 16.3. The van der Waals surface area contributed by atoms with Gasteiger partial charge in [-0.1, -0.05) is 42.5 Å². The van der Waals surface area contributed by atoms with E-state index in [2.05, 4.69) is 17.2 Å². The van der Waals surface area contributed by atoms with Gasteiger partial charge in [0.15, 0.2) is 0 Å². The van der Waals surface area contributed by atoms with Gasteiger partial charge < -0.3 is 19.3 Å². The van der Waals surface area contributed by atoms with Gasteiger partial charge in [-0.05, 0) is 36.6 Å². The van der Waals surface area contributed by atoms with Crippen molar-refractivity contribution in [3.05, 3.63) is 83.7 Å². The van der Waals surface area contributed by atoms with E-state index in [1.165, 1.54) is 5.56 Å². The number of nitrogens with zero attached hydrogens (tertiary/aromatic N) is 4. The van der Waals surface area contributed by atoms with E-state index >= 15 is 0 Å². The standard InChI is InChI=1S/C27H32N4O4/c1-3-31-16-23(15-28-31)27(33)30-18-25(35-20-22-10-7-11-24(14-22)34-2)17-29(26(32)19-30)13-12-21-8-5-4-6-9-21/h4-11,14-16,25H,3,12-13,17-20H2,1-2H3. The van der Waals surface area contributed by atoms with E-state index in [0.717, 1.165) is 17.7 Å². The van der Waals surface area contributed by atoms with Gasteiger partial charge in [-0.25, -0.2) is 0 Å². The van der Waals surface area contributed by atoms with Gasteiger partial charge in [-0.15, -0.1) is 0 Å². The van der Waals surface area contributed by atoms with Crippen LogP contribution in [-0.4, -0.2) is 70.8 Å². The maximum atomic E-state index is 13.2. The van der Waals surface area contributed by atoms with E-state index in [1.807, 2.05) is 54.3 Å². The van der Waals surface area contributed by atoms with Crippen molar-refractivity contribution < 1.29 is 19.1 Å². The Balaban J connectivity index is 1.49. The van der Waals surface area contributed by atoms with Crippen LogP contribution in [0.25, 0.3) is 0 Å². The van der Waals surface area contributed by atoms with Gasteiger partial charge in [0.1, 0.15) is 12.3 Å². The number of methoxy groups -OCH3 is 1. The van der Waals surface area contributed by atoms with E-state index < -0.39 is 0 Å². The minimum atomic E-state index is -0.325. The first-order chi connectivity index (χ1) is 17.1. The summed E-state index contributed by atoms with van der Waals surface area (Å²) < 4.78 is 13.3. The minimum absolute atomic E-state index is 0.0178. The Hall–Kier alpha value is -3.65. The van der Waals surface area contributed by atoms with Gasteiger partial charge in [-0.2, -0.15) is 5.10 Å². The maximum Gasteiger partial charge on any atom is 0.257 e. The van der Waals surface area contributed by atoms with Gasteiger partial charge in [0.05, 0.1) is 31.6 Å². The Bertz CT molecular complexity index is 1130. The monoisotopic (exact) mass is 476 g/mol. The lowest BCUT2D eigenvalue weighted by Gasteiger charge is -2.25. The number of ether oxygens (including phenoxy) is 2. The second-order valence-corrected chi connectivity index (χ2v) is 8.63. The van der Waals surface area contributed by atoms with Crippen LogP contribution in [0.2, 0.25) is 0 Å². The van der Waals surface area contributed by atoms with E-state index in [9.17, 15) is 9.59 Å². The number of amides is 2. The molecule has 2 amide bonds. The quantitative estimate of drug-likeness (QED) is 0.475. The minimum Gasteiger partial charge on any atom is -0.497 e. The van der Waals surface area contributed by atoms with E-state index in [4.69, 9.17) is 9.47 Å². The van der Waals surface area contributed by atoms with Crippen LogP contribution in [0, 0.1) is 0 Å². The molecule has 1 aliphatic heterocycles. The molecule has 1 aliphatic rings. The third-order valence-corrected chi connectivity index (χ3v) is 6.15. The second kappa shape index (κ2) is 11.7. The smallest absolute Gasteiger partial charge is 0.257 e. The topological polar surface area (TPSA) is 76.9 Å². The van der Waals surface area contributed by atoms with Crippen molar-refractivity contribution in [3.63, 3.8) is 0 Å². The molecule has 2 aromatic carbocycles. The average molecular weight is 477 g/mol. The van der Waals surface area contributed by atoms with Crippen molar-refractivity contribution in [1.29, 1.82) is 0 Å². The summed E-state index contributed by atoms with van der Waals surface area (Å²) in [6.45, 7) is 4.33. The summed E-state index contributed by atoms with van der Waals surface area (Å²) in [5.74, 6) is 0.471. The third kappa shape index (κ3) is 6.48. The first-order valence-corrected chi connectivity index (χ1v) is 11.9. The molecule has 35 heavy (non-hydrogen) atoms. The summed E-state index contributed by atoms with van der Waals surface area (Å²) in [6, 6.07) is 17.8. The van der Waals surface area contributed by atoms with Crippen LogP contribution in [0.3, 0.4) is 0 Å². The summed E-state index contributed by atoms with van der Waals surface area (Å²) in [6.07, 6.45) is 3.69. The number of aryl methyl sites for hydroxylation is 1. The molecule has 1 saturated heterocycles. The van der Waals surface area contributed by atoms with E-state index in [1.54, 1.807) is 29.1 Å². The first kappa shape index (κ1) is 24.5. The molecule has 0 N–H and O–H groups in total. The Kier molecular flexibility index (Phi) is 8.15. The number of benzene rings is 2. The zero-order valence-corrected chi connectivity index (χ0v) is 20.3. The molecule has 8 heteroatoms. The predicted molar refractivity (Wildman–Crippen MR) is 132 cm³/mol. The van der Waals surface area contributed by atoms with Gasteiger partial charge in [0.25, 0.3) is 5.91 Å². The van der Waals surface area contributed by atoms with Gasteiger partial charge in [0, 0.05) is 32.4 Å². The number of hydrogen-bond acceptors (Lipinski definition) is 5. The molecule has 184 valence electrons. The average Bonchev–Trinajstić information content (AvgIpc) is 3.32. The van der Waals surface area contributed by atoms with Crippen molar-refractivity contribution in [2.45, 2.75) is 32.6 Å². The molecular weight excluding hydrogens is 444 g/mol. The molecule has 1 unspecified atom stereocenters. The lowest BCUT2D eigenvalue weighted by molar-refractivity contribution is -0.131. The fraction of sp³-hybridized carbons (Fsp3) is 0.370. The molecule has 1 fully saturated rings. The molecule has 8 nitrogen and oxygen atoms in total. The SMILES string of the molecule is CCn1cc(C(=O)N2CC(=O)N(CCc3ccccc3)CC(OCc3cccc(OC)c3)C2)cn1. The largest absolute Gasteiger partial charge is 0.497 e. The third-order valence-electron chi connectivity index (χ3n) is 6.15. The molecule has 0 saturated carbocycles. The van der Waals surface area contributed by atoms with Crippen LogP contribution < -0.4 is 4.74 Å². The van der Waals surface area contributed by atoms with E-state index in [0.29, 0.717) is 38.3 Å². The Morgan fingerprint density at radius 3 is 2.63 bits per heavy atom. The van der Waals surface area contributed by atoms with Gasteiger partial charge in [0.2, 0.25) is 5.91 Å². The summed E-state index contributed by atoms with van der Waals surface area (Å²) >= 11 is 0. The number of rotatable bonds is 9. The van der Waals surface area contributed by atoms with Crippen LogP contribution in [-0.2, 0) is 29.1 Å². The lowest BCUT2D eigenvalue weighted by atomic mass is 10.1. The fourth-order valence-corrected chi connectivity index (χ4v) is 4.17. The highest BCUT2D eigenvalue weighted by molar-refractivity contribution is 5.96. The number of carbonyl (C=O) groups is 2. The van der Waals surface area contributed by atoms with Gasteiger partial charge in [-0.3, -0.25) is 14.3 Å². The fourth-order valence-electron chi connectivity index (χ4n) is 4.17. The molecule has 2 heterocycles. The Labute approximate surface area is 206 Å². The van der Waals surface area contributed by atoms with E-state index in [-0.39, 0.29) is 24.5 Å². The summed E-state index contributed by atoms with van der Waals surface area (Å²) in [7, 11) is 1.63. The highest BCUT2D eigenvalue weighted by Gasteiger charge is 2.31. The molecule has 0 spiro atoms. The van der Waals surface area contributed by atoms with Crippen molar-refractivity contribution in [2.24, 2.45) is 0 Å². The Morgan fingerprint density at radius 2 is 1.89 bits per heavy atom. The zero-order valence-electron chi connectivity index (χ0n) is 20.3. The van der Waals surface area contributed by atoms with Crippen LogP contribution >= 0.6 is 0 Å². The lowest BCUT2D eigenvalue weighted by Crippen LogP contribution is -2.40. The van der Waals surface area contributed by atoms with Gasteiger partial charge >= 0.3 is 0 Å². The van der Waals surface area contributed by atoms with Crippen LogP contribution in [0.5, 0.6) is 5.75 Å². The molecular formula is C27H32N4O4. The highest BCUT2D eigenvalue weighted by atomic mass is 16.5. The van der Waals surface area contributed by atoms with Crippen LogP contribution in [0.15, 0.2) is 67.0 Å². The summed E-state index contributed by atoms with van der Waals surface area (Å²) in [5.41, 5.74) is 2.61. The maximum absolute atomic E-state index is 13.2.